The van der Waals surface area contributed by atoms with Crippen molar-refractivity contribution in [1.82, 2.24) is 5.32 Å². The lowest BCUT2D eigenvalue weighted by Crippen LogP contribution is -2.39. The zero-order valence-corrected chi connectivity index (χ0v) is 12.4. The molecule has 1 heterocycles. The molecule has 4 atom stereocenters. The number of allylic oxidation sites excluding steroid dienone is 2. The number of carbonyl (C=O) groups excluding carboxylic acids is 1. The van der Waals surface area contributed by atoms with Crippen molar-refractivity contribution in [1.29, 1.82) is 0 Å². The van der Waals surface area contributed by atoms with Gasteiger partial charge in [0, 0.05) is 6.54 Å². The van der Waals surface area contributed by atoms with E-state index in [1.54, 1.807) is 0 Å². The van der Waals surface area contributed by atoms with Gasteiger partial charge in [0.25, 0.3) is 0 Å². The van der Waals surface area contributed by atoms with Gasteiger partial charge in [-0.15, -0.1) is 0 Å². The fourth-order valence-electron chi connectivity index (χ4n) is 3.87. The topological polar surface area (TPSA) is 84.9 Å². The van der Waals surface area contributed by atoms with Crippen LogP contribution in [0, 0.1) is 23.7 Å². The second kappa shape index (κ2) is 5.30. The molecule has 2 N–H and O–H groups in total. The fraction of sp³-hybridized carbons (Fsp3) is 0.412. The maximum Gasteiger partial charge on any atom is 0.307 e. The molecule has 1 aliphatic heterocycles. The van der Waals surface area contributed by atoms with Crippen molar-refractivity contribution in [2.75, 3.05) is 6.79 Å². The SMILES string of the molecule is O=C(O)[C@@H]1[C@@H](C(=O)NCc2ccc3c(c2)OCO3)[C@H]2C=C[C@H]1C2. The minimum atomic E-state index is -0.884. The first-order valence-electron chi connectivity index (χ1n) is 7.71. The fourth-order valence-corrected chi connectivity index (χ4v) is 3.87. The molecular weight excluding hydrogens is 298 g/mol. The molecule has 6 nitrogen and oxygen atoms in total. The molecular formula is C17H17NO5. The van der Waals surface area contributed by atoms with E-state index in [-0.39, 0.29) is 24.5 Å². The monoisotopic (exact) mass is 315 g/mol. The molecule has 120 valence electrons. The van der Waals surface area contributed by atoms with Gasteiger partial charge in [0.2, 0.25) is 12.7 Å². The Kier molecular flexibility index (Phi) is 3.25. The van der Waals surface area contributed by atoms with E-state index in [1.807, 2.05) is 30.4 Å². The predicted octanol–water partition coefficient (Wildman–Crippen LogP) is 1.55. The van der Waals surface area contributed by atoms with E-state index >= 15 is 0 Å². The molecule has 2 aliphatic carbocycles. The first kappa shape index (κ1) is 14.1. The Morgan fingerprint density at radius 1 is 1.13 bits per heavy atom. The highest BCUT2D eigenvalue weighted by Crippen LogP contribution is 2.48. The summed E-state index contributed by atoms with van der Waals surface area (Å²) in [5, 5.41) is 12.3. The average molecular weight is 315 g/mol. The number of ether oxygens (including phenoxy) is 2. The van der Waals surface area contributed by atoms with Crippen LogP contribution in [0.25, 0.3) is 0 Å². The van der Waals surface area contributed by atoms with E-state index in [1.165, 1.54) is 0 Å². The van der Waals surface area contributed by atoms with Crippen LogP contribution in [0.3, 0.4) is 0 Å². The normalized spacial score (nSPS) is 29.7. The molecule has 1 aromatic carbocycles. The molecule has 0 aromatic heterocycles. The third kappa shape index (κ3) is 2.34. The number of nitrogens with one attached hydrogen (secondary N) is 1. The van der Waals surface area contributed by atoms with Crippen molar-refractivity contribution in [3.05, 3.63) is 35.9 Å². The van der Waals surface area contributed by atoms with Gasteiger partial charge >= 0.3 is 5.97 Å². The maximum absolute atomic E-state index is 12.5. The van der Waals surface area contributed by atoms with Crippen LogP contribution in [0.15, 0.2) is 30.4 Å². The van der Waals surface area contributed by atoms with E-state index < -0.39 is 17.8 Å². The summed E-state index contributed by atoms with van der Waals surface area (Å²) in [5.41, 5.74) is 0.896. The van der Waals surface area contributed by atoms with Crippen LogP contribution in [-0.2, 0) is 16.1 Å². The average Bonchev–Trinajstić information content (AvgIpc) is 3.25. The number of carboxylic acids is 1. The third-order valence-electron chi connectivity index (χ3n) is 4.95. The van der Waals surface area contributed by atoms with E-state index in [0.717, 1.165) is 12.0 Å². The smallest absolute Gasteiger partial charge is 0.307 e. The van der Waals surface area contributed by atoms with E-state index in [9.17, 15) is 14.7 Å². The molecule has 1 amide bonds. The lowest BCUT2D eigenvalue weighted by atomic mass is 9.82. The van der Waals surface area contributed by atoms with Crippen molar-refractivity contribution in [3.8, 4) is 11.5 Å². The van der Waals surface area contributed by atoms with Gasteiger partial charge in [-0.25, -0.2) is 0 Å². The van der Waals surface area contributed by atoms with Gasteiger partial charge in [0.1, 0.15) is 0 Å². The largest absolute Gasteiger partial charge is 0.481 e. The summed E-state index contributed by atoms with van der Waals surface area (Å²) < 4.78 is 10.6. The van der Waals surface area contributed by atoms with Gasteiger partial charge in [-0.1, -0.05) is 18.2 Å². The van der Waals surface area contributed by atoms with Crippen LogP contribution >= 0.6 is 0 Å². The minimum absolute atomic E-state index is 0.0150. The van der Waals surface area contributed by atoms with Gasteiger partial charge < -0.3 is 19.9 Å². The summed E-state index contributed by atoms with van der Waals surface area (Å²) in [6.45, 7) is 0.558. The van der Waals surface area contributed by atoms with Crippen LogP contribution in [0.5, 0.6) is 11.5 Å². The number of hydrogen-bond donors (Lipinski definition) is 2. The Morgan fingerprint density at radius 3 is 2.65 bits per heavy atom. The first-order chi connectivity index (χ1) is 11.1. The quantitative estimate of drug-likeness (QED) is 0.824. The molecule has 0 spiro atoms. The van der Waals surface area contributed by atoms with Crippen LogP contribution in [0.1, 0.15) is 12.0 Å². The summed E-state index contributed by atoms with van der Waals surface area (Å²) in [4.78, 5) is 24.0. The lowest BCUT2D eigenvalue weighted by molar-refractivity contribution is -0.147. The summed E-state index contributed by atoms with van der Waals surface area (Å²) in [7, 11) is 0. The van der Waals surface area contributed by atoms with Gasteiger partial charge in [-0.05, 0) is 36.0 Å². The van der Waals surface area contributed by atoms with Crippen LogP contribution in [0.4, 0.5) is 0 Å². The van der Waals surface area contributed by atoms with Crippen molar-refractivity contribution < 1.29 is 24.2 Å². The number of hydrogen-bond acceptors (Lipinski definition) is 4. The lowest BCUT2D eigenvalue weighted by Gasteiger charge is -2.23. The summed E-state index contributed by atoms with van der Waals surface area (Å²) in [6.07, 6.45) is 4.68. The first-order valence-corrected chi connectivity index (χ1v) is 7.71. The number of benzene rings is 1. The number of rotatable bonds is 4. The maximum atomic E-state index is 12.5. The molecule has 0 unspecified atom stereocenters. The molecule has 2 bridgehead atoms. The number of aliphatic carboxylic acids is 1. The molecule has 1 fully saturated rings. The second-order valence-corrected chi connectivity index (χ2v) is 6.24. The number of fused-ring (bicyclic) bond motifs is 3. The van der Waals surface area contributed by atoms with Crippen molar-refractivity contribution in [2.45, 2.75) is 13.0 Å². The van der Waals surface area contributed by atoms with Crippen molar-refractivity contribution in [3.63, 3.8) is 0 Å². The zero-order valence-electron chi connectivity index (χ0n) is 12.4. The Hall–Kier alpha value is -2.50. The zero-order chi connectivity index (χ0) is 16.0. The molecule has 0 radical (unpaired) electrons. The standard InChI is InChI=1S/C17H17NO5/c19-16(14-10-2-3-11(6-10)15(14)17(20)21)18-7-9-1-4-12-13(5-9)23-8-22-12/h1-5,10-11,14-15H,6-8H2,(H,18,19)(H,20,21)/t10-,11-,14-,15-/m0/s1. The Labute approximate surface area is 133 Å². The molecule has 4 rings (SSSR count). The molecule has 23 heavy (non-hydrogen) atoms. The van der Waals surface area contributed by atoms with E-state index in [2.05, 4.69) is 5.32 Å². The predicted molar refractivity (Wildman–Crippen MR) is 79.8 cm³/mol. The highest BCUT2D eigenvalue weighted by molar-refractivity contribution is 5.86. The van der Waals surface area contributed by atoms with Gasteiger partial charge in [0.05, 0.1) is 11.8 Å². The van der Waals surface area contributed by atoms with Crippen LogP contribution < -0.4 is 14.8 Å². The molecule has 1 saturated carbocycles. The van der Waals surface area contributed by atoms with Gasteiger partial charge in [-0.3, -0.25) is 9.59 Å². The van der Waals surface area contributed by atoms with Crippen LogP contribution in [-0.4, -0.2) is 23.8 Å². The van der Waals surface area contributed by atoms with Crippen LogP contribution in [0.2, 0.25) is 0 Å². The Bertz CT molecular complexity index is 698. The van der Waals surface area contributed by atoms with E-state index in [4.69, 9.17) is 9.47 Å². The molecule has 0 saturated heterocycles. The highest BCUT2D eigenvalue weighted by atomic mass is 16.7. The molecule has 3 aliphatic rings. The minimum Gasteiger partial charge on any atom is -0.481 e. The van der Waals surface area contributed by atoms with E-state index in [0.29, 0.717) is 18.0 Å². The number of carboxylic acid groups (broad SMARTS) is 1. The Morgan fingerprint density at radius 2 is 1.87 bits per heavy atom. The van der Waals surface area contributed by atoms with Crippen molar-refractivity contribution in [2.24, 2.45) is 23.7 Å². The second-order valence-electron chi connectivity index (χ2n) is 6.24. The van der Waals surface area contributed by atoms with Gasteiger partial charge in [-0.2, -0.15) is 0 Å². The summed E-state index contributed by atoms with van der Waals surface area (Å²) >= 11 is 0. The molecule has 6 heteroatoms. The summed E-state index contributed by atoms with van der Waals surface area (Å²) in [5.74, 6) is -0.765. The number of carbonyl (C=O) groups is 2. The number of amides is 1. The highest BCUT2D eigenvalue weighted by Gasteiger charge is 2.51. The van der Waals surface area contributed by atoms with Crippen molar-refractivity contribution >= 4 is 11.9 Å². The molecule has 1 aromatic rings. The Balaban J connectivity index is 1.44. The summed E-state index contributed by atoms with van der Waals surface area (Å²) in [6, 6.07) is 5.51. The third-order valence-corrected chi connectivity index (χ3v) is 4.95. The van der Waals surface area contributed by atoms with Gasteiger partial charge in [0.15, 0.2) is 11.5 Å².